The maximum atomic E-state index is 4.09. The van der Waals surface area contributed by atoms with Gasteiger partial charge in [-0.15, -0.1) is 11.8 Å². The summed E-state index contributed by atoms with van der Waals surface area (Å²) in [6.07, 6.45) is 2.14. The summed E-state index contributed by atoms with van der Waals surface area (Å²) in [7, 11) is 0. The Bertz CT molecular complexity index is 414. The Morgan fingerprint density at radius 1 is 0.933 bits per heavy atom. The van der Waals surface area contributed by atoms with Crippen LogP contribution in [0.3, 0.4) is 0 Å². The Hall–Kier alpha value is -0.690. The quantitative estimate of drug-likeness (QED) is 0.652. The van der Waals surface area contributed by atoms with Crippen molar-refractivity contribution in [2.75, 3.05) is 6.26 Å². The molecule has 1 heteroatoms. The van der Waals surface area contributed by atoms with Gasteiger partial charge in [0.15, 0.2) is 0 Å². The molecular weight excluding hydrogens is 200 g/mol. The first-order valence-electron chi connectivity index (χ1n) is 5.22. The fourth-order valence-corrected chi connectivity index (χ4v) is 3.04. The van der Waals surface area contributed by atoms with Crippen LogP contribution in [0.1, 0.15) is 34.7 Å². The van der Waals surface area contributed by atoms with E-state index in [2.05, 4.69) is 47.5 Å². The van der Waals surface area contributed by atoms with Crippen molar-refractivity contribution in [3.8, 4) is 0 Å². The summed E-state index contributed by atoms with van der Waals surface area (Å²) >= 11 is 1.83. The SMILES string of the molecule is C=C(C)c1c(C)c(C)c(C)c(C)c1SC. The first-order valence-corrected chi connectivity index (χ1v) is 6.44. The predicted octanol–water partition coefficient (Wildman–Crippen LogP) is 4.68. The van der Waals surface area contributed by atoms with E-state index in [1.807, 2.05) is 11.8 Å². The third-order valence-corrected chi connectivity index (χ3v) is 4.18. The van der Waals surface area contributed by atoms with E-state index in [1.165, 1.54) is 38.3 Å². The lowest BCUT2D eigenvalue weighted by Crippen LogP contribution is -2.00. The van der Waals surface area contributed by atoms with Gasteiger partial charge in [-0.05, 0) is 74.3 Å². The van der Waals surface area contributed by atoms with Crippen molar-refractivity contribution < 1.29 is 0 Å². The van der Waals surface area contributed by atoms with Crippen molar-refractivity contribution in [2.45, 2.75) is 39.5 Å². The maximum Gasteiger partial charge on any atom is 0.0179 e. The van der Waals surface area contributed by atoms with Crippen LogP contribution in [0.2, 0.25) is 0 Å². The number of benzene rings is 1. The van der Waals surface area contributed by atoms with E-state index in [4.69, 9.17) is 0 Å². The Morgan fingerprint density at radius 3 is 1.80 bits per heavy atom. The minimum absolute atomic E-state index is 1.17. The third-order valence-electron chi connectivity index (χ3n) is 3.26. The van der Waals surface area contributed by atoms with Gasteiger partial charge < -0.3 is 0 Å². The highest BCUT2D eigenvalue weighted by Gasteiger charge is 2.14. The Labute approximate surface area is 97.8 Å². The summed E-state index contributed by atoms with van der Waals surface area (Å²) in [5.74, 6) is 0. The standard InChI is InChI=1S/C14H20S/c1-8(2)13-11(5)9(3)10(4)12(6)14(13)15-7/h1H2,2-7H3. The van der Waals surface area contributed by atoms with E-state index in [9.17, 15) is 0 Å². The van der Waals surface area contributed by atoms with Crippen LogP contribution in [-0.4, -0.2) is 6.26 Å². The number of thioether (sulfide) groups is 1. The number of hydrogen-bond acceptors (Lipinski definition) is 1. The molecule has 0 fully saturated rings. The smallest absolute Gasteiger partial charge is 0.0179 e. The van der Waals surface area contributed by atoms with Crippen LogP contribution in [0, 0.1) is 27.7 Å². The molecule has 0 aliphatic rings. The Balaban J connectivity index is 3.70. The molecule has 0 saturated carbocycles. The second-order valence-corrected chi connectivity index (χ2v) is 5.01. The normalized spacial score (nSPS) is 10.5. The highest BCUT2D eigenvalue weighted by Crippen LogP contribution is 2.35. The fourth-order valence-electron chi connectivity index (χ4n) is 2.05. The monoisotopic (exact) mass is 220 g/mol. The summed E-state index contributed by atoms with van der Waals surface area (Å²) in [6, 6.07) is 0. The largest absolute Gasteiger partial charge is 0.129 e. The number of hydrogen-bond donors (Lipinski definition) is 0. The van der Waals surface area contributed by atoms with Gasteiger partial charge in [-0.25, -0.2) is 0 Å². The molecule has 0 nitrogen and oxygen atoms in total. The predicted molar refractivity (Wildman–Crippen MR) is 71.9 cm³/mol. The lowest BCUT2D eigenvalue weighted by atomic mass is 9.91. The van der Waals surface area contributed by atoms with Crippen molar-refractivity contribution >= 4 is 17.3 Å². The first kappa shape index (κ1) is 12.4. The highest BCUT2D eigenvalue weighted by atomic mass is 32.2. The minimum atomic E-state index is 1.17. The van der Waals surface area contributed by atoms with Gasteiger partial charge >= 0.3 is 0 Å². The van der Waals surface area contributed by atoms with Crippen LogP contribution in [0.25, 0.3) is 5.57 Å². The van der Waals surface area contributed by atoms with E-state index in [0.717, 1.165) is 0 Å². The first-order chi connectivity index (χ1) is 6.91. The molecule has 0 spiro atoms. The van der Waals surface area contributed by atoms with Crippen molar-refractivity contribution in [1.82, 2.24) is 0 Å². The fraction of sp³-hybridized carbons (Fsp3) is 0.429. The molecule has 1 aromatic rings. The molecule has 1 aromatic carbocycles. The molecule has 0 bridgehead atoms. The molecule has 0 heterocycles. The lowest BCUT2D eigenvalue weighted by Gasteiger charge is -2.19. The van der Waals surface area contributed by atoms with E-state index < -0.39 is 0 Å². The van der Waals surface area contributed by atoms with Crippen LogP contribution >= 0.6 is 11.8 Å². The van der Waals surface area contributed by atoms with Crippen LogP contribution in [-0.2, 0) is 0 Å². The van der Waals surface area contributed by atoms with Gasteiger partial charge in [0, 0.05) is 4.90 Å². The zero-order valence-corrected chi connectivity index (χ0v) is 11.4. The van der Waals surface area contributed by atoms with Gasteiger partial charge in [0.1, 0.15) is 0 Å². The average Bonchev–Trinajstić information content (AvgIpc) is 2.19. The summed E-state index contributed by atoms with van der Waals surface area (Å²) in [4.78, 5) is 1.39. The van der Waals surface area contributed by atoms with Gasteiger partial charge in [-0.1, -0.05) is 6.58 Å². The lowest BCUT2D eigenvalue weighted by molar-refractivity contribution is 1.12. The molecule has 0 aromatic heterocycles. The van der Waals surface area contributed by atoms with Crippen molar-refractivity contribution in [3.05, 3.63) is 34.4 Å². The van der Waals surface area contributed by atoms with E-state index in [-0.39, 0.29) is 0 Å². The van der Waals surface area contributed by atoms with Gasteiger partial charge in [-0.2, -0.15) is 0 Å². The summed E-state index contributed by atoms with van der Waals surface area (Å²) < 4.78 is 0. The molecule has 0 aliphatic carbocycles. The number of rotatable bonds is 2. The molecule has 1 rings (SSSR count). The second-order valence-electron chi connectivity index (χ2n) is 4.19. The molecule has 82 valence electrons. The summed E-state index contributed by atoms with van der Waals surface area (Å²) in [5.41, 5.74) is 8.13. The molecule has 15 heavy (non-hydrogen) atoms. The Kier molecular flexibility index (Phi) is 3.67. The molecule has 0 amide bonds. The van der Waals surface area contributed by atoms with Crippen molar-refractivity contribution in [1.29, 1.82) is 0 Å². The molecule has 0 N–H and O–H groups in total. The van der Waals surface area contributed by atoms with Crippen molar-refractivity contribution in [3.63, 3.8) is 0 Å². The zero-order valence-electron chi connectivity index (χ0n) is 10.6. The van der Waals surface area contributed by atoms with E-state index in [0.29, 0.717) is 0 Å². The van der Waals surface area contributed by atoms with Gasteiger partial charge in [0.25, 0.3) is 0 Å². The molecular formula is C14H20S. The third kappa shape index (κ3) is 1.98. The molecule has 0 unspecified atom stereocenters. The number of allylic oxidation sites excluding steroid dienone is 1. The van der Waals surface area contributed by atoms with Crippen LogP contribution in [0.4, 0.5) is 0 Å². The molecule has 0 saturated heterocycles. The summed E-state index contributed by atoms with van der Waals surface area (Å²) in [6.45, 7) is 15.0. The van der Waals surface area contributed by atoms with Gasteiger partial charge in [-0.3, -0.25) is 0 Å². The van der Waals surface area contributed by atoms with Crippen LogP contribution < -0.4 is 0 Å². The highest BCUT2D eigenvalue weighted by molar-refractivity contribution is 7.98. The van der Waals surface area contributed by atoms with E-state index >= 15 is 0 Å². The molecule has 0 radical (unpaired) electrons. The van der Waals surface area contributed by atoms with Crippen LogP contribution in [0.5, 0.6) is 0 Å². The maximum absolute atomic E-state index is 4.09. The second kappa shape index (κ2) is 4.44. The zero-order chi connectivity index (χ0) is 11.7. The topological polar surface area (TPSA) is 0 Å². The molecule has 0 aliphatic heterocycles. The van der Waals surface area contributed by atoms with Gasteiger partial charge in [0.2, 0.25) is 0 Å². The minimum Gasteiger partial charge on any atom is -0.129 e. The van der Waals surface area contributed by atoms with Crippen LogP contribution in [0.15, 0.2) is 11.5 Å². The van der Waals surface area contributed by atoms with E-state index in [1.54, 1.807) is 0 Å². The Morgan fingerprint density at radius 2 is 1.40 bits per heavy atom. The van der Waals surface area contributed by atoms with Gasteiger partial charge in [0.05, 0.1) is 0 Å². The molecule has 0 atom stereocenters. The summed E-state index contributed by atoms with van der Waals surface area (Å²) in [5, 5.41) is 0. The van der Waals surface area contributed by atoms with Crippen molar-refractivity contribution in [2.24, 2.45) is 0 Å². The average molecular weight is 220 g/mol.